The Bertz CT molecular complexity index is 472. The highest BCUT2D eigenvalue weighted by atomic mass is 32.2. The molecule has 1 aromatic carbocycles. The molecule has 15 heavy (non-hydrogen) atoms. The number of benzene rings is 1. The van der Waals surface area contributed by atoms with Gasteiger partial charge in [0, 0.05) is 0 Å². The maximum absolute atomic E-state index is 11.7. The molecule has 0 spiro atoms. The zero-order valence-corrected chi connectivity index (χ0v) is 9.50. The van der Waals surface area contributed by atoms with Crippen LogP contribution in [0.4, 0.5) is 0 Å². The summed E-state index contributed by atoms with van der Waals surface area (Å²) in [6.07, 6.45) is 2.43. The third kappa shape index (κ3) is 2.12. The van der Waals surface area contributed by atoms with Crippen molar-refractivity contribution in [2.24, 2.45) is 0 Å². The van der Waals surface area contributed by atoms with Crippen molar-refractivity contribution in [3.63, 3.8) is 0 Å². The first kappa shape index (κ1) is 10.4. The average molecular weight is 222 g/mol. The molecule has 0 fully saturated rings. The van der Waals surface area contributed by atoms with Crippen molar-refractivity contribution in [2.75, 3.05) is 5.75 Å². The molecule has 0 aromatic heterocycles. The second kappa shape index (κ2) is 3.81. The Kier molecular flexibility index (Phi) is 2.65. The van der Waals surface area contributed by atoms with Gasteiger partial charge in [0.25, 0.3) is 0 Å². The van der Waals surface area contributed by atoms with Gasteiger partial charge in [-0.05, 0) is 18.9 Å². The summed E-state index contributed by atoms with van der Waals surface area (Å²) in [5, 5.41) is -0.306. The molecule has 1 unspecified atom stereocenters. The van der Waals surface area contributed by atoms with E-state index in [0.717, 1.165) is 11.1 Å². The quantitative estimate of drug-likeness (QED) is 0.717. The number of hydrogen-bond acceptors (Lipinski definition) is 2. The zero-order valence-electron chi connectivity index (χ0n) is 8.68. The van der Waals surface area contributed by atoms with Crippen LogP contribution in [-0.4, -0.2) is 19.4 Å². The van der Waals surface area contributed by atoms with Gasteiger partial charge in [-0.15, -0.1) is 0 Å². The van der Waals surface area contributed by atoms with Gasteiger partial charge in [0.05, 0.1) is 11.0 Å². The smallest absolute Gasteiger partial charge is 0.160 e. The van der Waals surface area contributed by atoms with E-state index in [1.807, 2.05) is 43.3 Å². The van der Waals surface area contributed by atoms with Gasteiger partial charge in [-0.25, -0.2) is 8.42 Å². The highest BCUT2D eigenvalue weighted by Gasteiger charge is 2.31. The van der Waals surface area contributed by atoms with Crippen molar-refractivity contribution in [3.05, 3.63) is 47.5 Å². The number of rotatable bonds is 2. The Morgan fingerprint density at radius 3 is 2.47 bits per heavy atom. The van der Waals surface area contributed by atoms with Crippen LogP contribution < -0.4 is 0 Å². The van der Waals surface area contributed by atoms with Crippen LogP contribution in [0.5, 0.6) is 0 Å². The Balaban J connectivity index is 2.23. The molecule has 1 aliphatic heterocycles. The third-order valence-electron chi connectivity index (χ3n) is 2.84. The Morgan fingerprint density at radius 2 is 1.93 bits per heavy atom. The molecule has 1 atom stereocenters. The zero-order chi connectivity index (χ0) is 10.9. The van der Waals surface area contributed by atoms with Crippen LogP contribution in [0.1, 0.15) is 12.5 Å². The molecule has 0 saturated heterocycles. The Hall–Kier alpha value is -1.09. The van der Waals surface area contributed by atoms with Gasteiger partial charge < -0.3 is 0 Å². The van der Waals surface area contributed by atoms with E-state index in [0.29, 0.717) is 6.42 Å². The van der Waals surface area contributed by atoms with Crippen molar-refractivity contribution in [3.8, 4) is 0 Å². The number of hydrogen-bond donors (Lipinski definition) is 0. The fourth-order valence-corrected chi connectivity index (χ4v) is 3.73. The summed E-state index contributed by atoms with van der Waals surface area (Å²) in [5.74, 6) is 0.205. The molecule has 2 nitrogen and oxygen atoms in total. The molecule has 0 aliphatic carbocycles. The molecule has 2 rings (SSSR count). The van der Waals surface area contributed by atoms with E-state index in [9.17, 15) is 8.42 Å². The summed E-state index contributed by atoms with van der Waals surface area (Å²) in [4.78, 5) is 0. The van der Waals surface area contributed by atoms with E-state index in [-0.39, 0.29) is 11.0 Å². The minimum atomic E-state index is -2.93. The molecule has 3 heteroatoms. The lowest BCUT2D eigenvalue weighted by atomic mass is 10.1. The summed E-state index contributed by atoms with van der Waals surface area (Å²) >= 11 is 0. The summed E-state index contributed by atoms with van der Waals surface area (Å²) in [6.45, 7) is 1.90. The summed E-state index contributed by atoms with van der Waals surface area (Å²) in [7, 11) is -2.93. The van der Waals surface area contributed by atoms with Crippen molar-refractivity contribution >= 4 is 9.84 Å². The second-order valence-corrected chi connectivity index (χ2v) is 6.18. The van der Waals surface area contributed by atoms with Crippen molar-refractivity contribution < 1.29 is 8.42 Å². The SMILES string of the molecule is CC1=CCS(=O)(=O)C1Cc1ccccc1. The Labute approximate surface area is 90.6 Å². The molecular formula is C12H14O2S. The van der Waals surface area contributed by atoms with E-state index >= 15 is 0 Å². The Morgan fingerprint density at radius 1 is 1.27 bits per heavy atom. The predicted molar refractivity (Wildman–Crippen MR) is 61.5 cm³/mol. The van der Waals surface area contributed by atoms with E-state index < -0.39 is 9.84 Å². The molecule has 0 amide bonds. The molecule has 0 saturated carbocycles. The van der Waals surface area contributed by atoms with Gasteiger partial charge in [0.15, 0.2) is 9.84 Å². The first-order valence-corrected chi connectivity index (χ1v) is 6.73. The summed E-state index contributed by atoms with van der Waals surface area (Å²) in [5.41, 5.74) is 2.07. The monoisotopic (exact) mass is 222 g/mol. The molecule has 0 N–H and O–H groups in total. The molecule has 1 heterocycles. The van der Waals surface area contributed by atoms with Crippen molar-refractivity contribution in [2.45, 2.75) is 18.6 Å². The van der Waals surface area contributed by atoms with Gasteiger partial charge >= 0.3 is 0 Å². The molecule has 1 aromatic rings. The van der Waals surface area contributed by atoms with Crippen LogP contribution in [-0.2, 0) is 16.3 Å². The van der Waals surface area contributed by atoms with Gasteiger partial charge in [-0.1, -0.05) is 42.0 Å². The predicted octanol–water partition coefficient (Wildman–Crippen LogP) is 1.97. The lowest BCUT2D eigenvalue weighted by molar-refractivity contribution is 0.592. The number of sulfone groups is 1. The molecule has 0 bridgehead atoms. The third-order valence-corrected chi connectivity index (χ3v) is 4.88. The van der Waals surface area contributed by atoms with Crippen LogP contribution in [0, 0.1) is 0 Å². The second-order valence-electron chi connectivity index (χ2n) is 3.96. The van der Waals surface area contributed by atoms with Gasteiger partial charge in [-0.2, -0.15) is 0 Å². The lowest BCUT2D eigenvalue weighted by Gasteiger charge is -2.11. The minimum absolute atomic E-state index is 0.205. The minimum Gasteiger partial charge on any atom is -0.228 e. The first-order valence-electron chi connectivity index (χ1n) is 5.02. The summed E-state index contributed by atoms with van der Waals surface area (Å²) in [6, 6.07) is 9.77. The first-order chi connectivity index (χ1) is 7.09. The average Bonchev–Trinajstić information content (AvgIpc) is 2.47. The van der Waals surface area contributed by atoms with Crippen LogP contribution in [0.15, 0.2) is 42.0 Å². The van der Waals surface area contributed by atoms with Crippen LogP contribution in [0.25, 0.3) is 0 Å². The van der Waals surface area contributed by atoms with Crippen molar-refractivity contribution in [1.82, 2.24) is 0 Å². The van der Waals surface area contributed by atoms with Gasteiger partial charge in [0.1, 0.15) is 0 Å². The normalized spacial score (nSPS) is 23.8. The molecule has 80 valence electrons. The lowest BCUT2D eigenvalue weighted by Crippen LogP contribution is -2.21. The van der Waals surface area contributed by atoms with Gasteiger partial charge in [-0.3, -0.25) is 0 Å². The summed E-state index contributed by atoms with van der Waals surface area (Å²) < 4.78 is 23.4. The molecule has 1 aliphatic rings. The van der Waals surface area contributed by atoms with E-state index in [1.54, 1.807) is 0 Å². The largest absolute Gasteiger partial charge is 0.228 e. The van der Waals surface area contributed by atoms with Crippen LogP contribution >= 0.6 is 0 Å². The van der Waals surface area contributed by atoms with Crippen LogP contribution in [0.3, 0.4) is 0 Å². The van der Waals surface area contributed by atoms with E-state index in [1.165, 1.54) is 0 Å². The van der Waals surface area contributed by atoms with Gasteiger partial charge in [0.2, 0.25) is 0 Å². The highest BCUT2D eigenvalue weighted by molar-refractivity contribution is 7.92. The van der Waals surface area contributed by atoms with Crippen LogP contribution in [0.2, 0.25) is 0 Å². The maximum Gasteiger partial charge on any atom is 0.160 e. The highest BCUT2D eigenvalue weighted by Crippen LogP contribution is 2.24. The fourth-order valence-electron chi connectivity index (χ4n) is 1.89. The molecule has 0 radical (unpaired) electrons. The maximum atomic E-state index is 11.7. The van der Waals surface area contributed by atoms with E-state index in [4.69, 9.17) is 0 Å². The fraction of sp³-hybridized carbons (Fsp3) is 0.333. The standard InChI is InChI=1S/C12H14O2S/c1-10-7-8-15(13,14)12(10)9-11-5-3-2-4-6-11/h2-7,12H,8-9H2,1H3. The van der Waals surface area contributed by atoms with E-state index in [2.05, 4.69) is 0 Å². The van der Waals surface area contributed by atoms with Crippen molar-refractivity contribution in [1.29, 1.82) is 0 Å². The molecular weight excluding hydrogens is 208 g/mol. The topological polar surface area (TPSA) is 34.1 Å².